The Labute approximate surface area is 199 Å². The standard InChI is InChI=1S/C24H22FN5OS2/c25-19-9-4-5-10-20(19)28-12-14-29(15-13-28)22(31)17-33-24-27-26-23(21-11-6-16-32-21)30(24)18-7-2-1-3-8-18/h1-11,16H,12-15,17H2. The molecule has 1 saturated heterocycles. The zero-order chi connectivity index (χ0) is 22.6. The summed E-state index contributed by atoms with van der Waals surface area (Å²) >= 11 is 3.00. The molecule has 4 aromatic rings. The second-order valence-electron chi connectivity index (χ2n) is 7.56. The third kappa shape index (κ3) is 4.65. The van der Waals surface area contributed by atoms with Crippen molar-refractivity contribution in [3.63, 3.8) is 0 Å². The van der Waals surface area contributed by atoms with Crippen LogP contribution in [0.25, 0.3) is 16.4 Å². The normalized spacial score (nSPS) is 14.0. The van der Waals surface area contributed by atoms with E-state index in [4.69, 9.17) is 0 Å². The first kappa shape index (κ1) is 21.7. The minimum absolute atomic E-state index is 0.0495. The molecule has 3 heterocycles. The minimum Gasteiger partial charge on any atom is -0.366 e. The van der Waals surface area contributed by atoms with E-state index in [1.807, 2.05) is 68.3 Å². The molecule has 33 heavy (non-hydrogen) atoms. The highest BCUT2D eigenvalue weighted by Crippen LogP contribution is 2.30. The molecule has 5 rings (SSSR count). The van der Waals surface area contributed by atoms with Crippen molar-refractivity contribution in [2.45, 2.75) is 5.16 Å². The van der Waals surface area contributed by atoms with E-state index in [9.17, 15) is 9.18 Å². The maximum atomic E-state index is 14.1. The topological polar surface area (TPSA) is 54.3 Å². The average Bonchev–Trinajstić information content (AvgIpc) is 3.53. The van der Waals surface area contributed by atoms with Crippen LogP contribution in [0.5, 0.6) is 0 Å². The predicted molar refractivity (Wildman–Crippen MR) is 131 cm³/mol. The lowest BCUT2D eigenvalue weighted by Crippen LogP contribution is -2.49. The molecule has 0 unspecified atom stereocenters. The first-order valence-electron chi connectivity index (χ1n) is 10.7. The van der Waals surface area contributed by atoms with E-state index in [2.05, 4.69) is 10.2 Å². The fraction of sp³-hybridized carbons (Fsp3) is 0.208. The van der Waals surface area contributed by atoms with Crippen LogP contribution in [0.15, 0.2) is 77.3 Å². The third-order valence-corrected chi connectivity index (χ3v) is 7.32. The van der Waals surface area contributed by atoms with Crippen molar-refractivity contribution < 1.29 is 9.18 Å². The molecule has 0 saturated carbocycles. The summed E-state index contributed by atoms with van der Waals surface area (Å²) in [5.41, 5.74) is 1.55. The Morgan fingerprint density at radius 3 is 2.42 bits per heavy atom. The minimum atomic E-state index is -0.227. The van der Waals surface area contributed by atoms with E-state index in [1.165, 1.54) is 17.8 Å². The van der Waals surface area contributed by atoms with Gasteiger partial charge in [0.2, 0.25) is 5.91 Å². The van der Waals surface area contributed by atoms with Gasteiger partial charge in [0, 0.05) is 31.9 Å². The molecule has 0 bridgehead atoms. The van der Waals surface area contributed by atoms with Crippen molar-refractivity contribution in [3.8, 4) is 16.4 Å². The van der Waals surface area contributed by atoms with Crippen LogP contribution in [0.2, 0.25) is 0 Å². The number of anilines is 1. The number of halogens is 1. The van der Waals surface area contributed by atoms with Gasteiger partial charge >= 0.3 is 0 Å². The maximum absolute atomic E-state index is 14.1. The molecule has 2 aromatic carbocycles. The zero-order valence-electron chi connectivity index (χ0n) is 17.8. The van der Waals surface area contributed by atoms with Crippen LogP contribution in [-0.2, 0) is 4.79 Å². The zero-order valence-corrected chi connectivity index (χ0v) is 19.4. The highest BCUT2D eigenvalue weighted by molar-refractivity contribution is 7.99. The number of carbonyl (C=O) groups excluding carboxylic acids is 1. The first-order chi connectivity index (χ1) is 16.2. The Balaban J connectivity index is 1.26. The third-order valence-electron chi connectivity index (χ3n) is 5.54. The summed E-state index contributed by atoms with van der Waals surface area (Å²) in [5.74, 6) is 0.863. The molecule has 0 radical (unpaired) electrons. The molecule has 1 amide bonds. The van der Waals surface area contributed by atoms with Crippen molar-refractivity contribution in [1.29, 1.82) is 0 Å². The van der Waals surface area contributed by atoms with Crippen LogP contribution in [0.4, 0.5) is 10.1 Å². The van der Waals surface area contributed by atoms with Gasteiger partial charge in [-0.1, -0.05) is 48.2 Å². The second-order valence-corrected chi connectivity index (χ2v) is 9.45. The summed E-state index contributed by atoms with van der Waals surface area (Å²) in [6, 6.07) is 20.7. The molecule has 168 valence electrons. The lowest BCUT2D eigenvalue weighted by atomic mass is 10.2. The summed E-state index contributed by atoms with van der Waals surface area (Å²) in [6.07, 6.45) is 0. The highest BCUT2D eigenvalue weighted by Gasteiger charge is 2.24. The van der Waals surface area contributed by atoms with Crippen LogP contribution < -0.4 is 4.90 Å². The number of para-hydroxylation sites is 2. The Hall–Kier alpha value is -3.17. The highest BCUT2D eigenvalue weighted by atomic mass is 32.2. The summed E-state index contributed by atoms with van der Waals surface area (Å²) in [6.45, 7) is 2.36. The number of benzene rings is 2. The lowest BCUT2D eigenvalue weighted by Gasteiger charge is -2.36. The van der Waals surface area contributed by atoms with Crippen LogP contribution in [0.3, 0.4) is 0 Å². The number of carbonyl (C=O) groups is 1. The van der Waals surface area contributed by atoms with E-state index in [1.54, 1.807) is 23.5 Å². The van der Waals surface area contributed by atoms with E-state index >= 15 is 0 Å². The number of piperazine rings is 1. The number of thioether (sulfide) groups is 1. The smallest absolute Gasteiger partial charge is 0.233 e. The van der Waals surface area contributed by atoms with Crippen LogP contribution >= 0.6 is 23.1 Å². The van der Waals surface area contributed by atoms with E-state index in [-0.39, 0.29) is 17.5 Å². The quantitative estimate of drug-likeness (QED) is 0.379. The SMILES string of the molecule is O=C(CSc1nnc(-c2cccs2)n1-c1ccccc1)N1CCN(c2ccccc2F)CC1. The second kappa shape index (κ2) is 9.76. The van der Waals surface area contributed by atoms with Crippen LogP contribution in [-0.4, -0.2) is 57.5 Å². The maximum Gasteiger partial charge on any atom is 0.233 e. The van der Waals surface area contributed by atoms with Gasteiger partial charge in [0.15, 0.2) is 11.0 Å². The average molecular weight is 480 g/mol. The molecule has 0 aliphatic carbocycles. The molecular formula is C24H22FN5OS2. The molecule has 1 fully saturated rings. The lowest BCUT2D eigenvalue weighted by molar-refractivity contribution is -0.128. The van der Waals surface area contributed by atoms with Gasteiger partial charge in [-0.2, -0.15) is 0 Å². The van der Waals surface area contributed by atoms with E-state index in [0.717, 1.165) is 16.4 Å². The molecule has 1 aliphatic heterocycles. The van der Waals surface area contributed by atoms with Gasteiger partial charge in [0.1, 0.15) is 5.82 Å². The molecule has 0 N–H and O–H groups in total. The fourth-order valence-corrected chi connectivity index (χ4v) is 5.41. The van der Waals surface area contributed by atoms with Crippen molar-refractivity contribution in [2.24, 2.45) is 0 Å². The number of hydrogen-bond acceptors (Lipinski definition) is 6. The van der Waals surface area contributed by atoms with Crippen LogP contribution in [0.1, 0.15) is 0 Å². The largest absolute Gasteiger partial charge is 0.366 e. The van der Waals surface area contributed by atoms with Crippen molar-refractivity contribution in [1.82, 2.24) is 19.7 Å². The van der Waals surface area contributed by atoms with Crippen molar-refractivity contribution >= 4 is 34.7 Å². The molecule has 1 aliphatic rings. The summed E-state index contributed by atoms with van der Waals surface area (Å²) in [4.78, 5) is 17.8. The van der Waals surface area contributed by atoms with Gasteiger partial charge in [-0.3, -0.25) is 9.36 Å². The molecular weight excluding hydrogens is 457 g/mol. The van der Waals surface area contributed by atoms with Gasteiger partial charge in [-0.05, 0) is 35.7 Å². The number of amides is 1. The number of hydrogen-bond donors (Lipinski definition) is 0. The van der Waals surface area contributed by atoms with Gasteiger partial charge in [-0.15, -0.1) is 21.5 Å². The molecule has 6 nitrogen and oxygen atoms in total. The molecule has 9 heteroatoms. The van der Waals surface area contributed by atoms with Gasteiger partial charge in [-0.25, -0.2) is 4.39 Å². The van der Waals surface area contributed by atoms with Crippen molar-refractivity contribution in [2.75, 3.05) is 36.8 Å². The van der Waals surface area contributed by atoms with E-state index < -0.39 is 0 Å². The summed E-state index contributed by atoms with van der Waals surface area (Å²) < 4.78 is 16.1. The Bertz CT molecular complexity index is 1220. The fourth-order valence-electron chi connectivity index (χ4n) is 3.86. The number of thiophene rings is 1. The first-order valence-corrected chi connectivity index (χ1v) is 12.5. The Morgan fingerprint density at radius 1 is 0.939 bits per heavy atom. The molecule has 2 aromatic heterocycles. The monoisotopic (exact) mass is 479 g/mol. The van der Waals surface area contributed by atoms with Gasteiger partial charge in [0.25, 0.3) is 0 Å². The Morgan fingerprint density at radius 2 is 1.70 bits per heavy atom. The van der Waals surface area contributed by atoms with Gasteiger partial charge in [0.05, 0.1) is 16.3 Å². The number of nitrogens with zero attached hydrogens (tertiary/aromatic N) is 5. The summed E-state index contributed by atoms with van der Waals surface area (Å²) in [5, 5.41) is 11.5. The molecule has 0 atom stereocenters. The Kier molecular flexibility index (Phi) is 6.41. The van der Waals surface area contributed by atoms with E-state index in [0.29, 0.717) is 37.0 Å². The number of rotatable bonds is 6. The van der Waals surface area contributed by atoms with Gasteiger partial charge < -0.3 is 9.80 Å². The van der Waals surface area contributed by atoms with Crippen molar-refractivity contribution in [3.05, 3.63) is 77.9 Å². The number of aromatic nitrogens is 3. The van der Waals surface area contributed by atoms with Crippen LogP contribution in [0, 0.1) is 5.82 Å². The summed E-state index contributed by atoms with van der Waals surface area (Å²) in [7, 11) is 0. The molecule has 0 spiro atoms. The predicted octanol–water partition coefficient (Wildman–Crippen LogP) is 4.58.